The molecule has 1 aromatic heterocycles. The van der Waals surface area contributed by atoms with Crippen LogP contribution in [0, 0.1) is 24.2 Å². The first-order valence-electron chi connectivity index (χ1n) is 6.65. The summed E-state index contributed by atoms with van der Waals surface area (Å²) in [6.45, 7) is 6.88. The molecule has 0 fully saturated rings. The third-order valence-corrected chi connectivity index (χ3v) is 2.94. The molecule has 1 heterocycles. The largest absolute Gasteiger partial charge is 0.439 e. The molecule has 0 saturated heterocycles. The number of benzene rings is 1. The molecule has 0 amide bonds. The van der Waals surface area contributed by atoms with Crippen molar-refractivity contribution < 1.29 is 4.74 Å². The molecule has 0 bridgehead atoms. The molecule has 0 radical (unpaired) electrons. The van der Waals surface area contributed by atoms with Gasteiger partial charge in [-0.25, -0.2) is 0 Å². The van der Waals surface area contributed by atoms with Crippen molar-refractivity contribution in [1.29, 1.82) is 5.26 Å². The summed E-state index contributed by atoms with van der Waals surface area (Å²) in [6, 6.07) is 11.6. The number of aryl methyl sites for hydroxylation is 1. The molecule has 1 aromatic carbocycles. The Hall–Kier alpha value is -2.41. The summed E-state index contributed by atoms with van der Waals surface area (Å²) >= 11 is 0. The van der Waals surface area contributed by atoms with Crippen LogP contribution >= 0.6 is 0 Å². The predicted molar refractivity (Wildman–Crippen MR) is 79.7 cm³/mol. The van der Waals surface area contributed by atoms with E-state index in [0.29, 0.717) is 29.7 Å². The van der Waals surface area contributed by atoms with Crippen molar-refractivity contribution in [3.05, 3.63) is 41.6 Å². The van der Waals surface area contributed by atoms with Crippen molar-refractivity contribution in [2.24, 2.45) is 5.92 Å². The SMILES string of the molecule is Cc1cccc(Oc2c(N)cc(C#N)n2CC(C)C)c1. The van der Waals surface area contributed by atoms with Gasteiger partial charge >= 0.3 is 0 Å². The average Bonchev–Trinajstić information content (AvgIpc) is 2.66. The second-order valence-electron chi connectivity index (χ2n) is 5.32. The smallest absolute Gasteiger partial charge is 0.224 e. The maximum absolute atomic E-state index is 9.20. The molecule has 2 N–H and O–H groups in total. The molecule has 0 aliphatic carbocycles. The van der Waals surface area contributed by atoms with Crippen molar-refractivity contribution >= 4 is 5.69 Å². The number of aromatic nitrogens is 1. The van der Waals surface area contributed by atoms with Crippen molar-refractivity contribution in [3.63, 3.8) is 0 Å². The molecule has 0 aliphatic heterocycles. The van der Waals surface area contributed by atoms with Gasteiger partial charge in [-0.05, 0) is 30.5 Å². The molecule has 0 spiro atoms. The lowest BCUT2D eigenvalue weighted by Gasteiger charge is -2.14. The molecular weight excluding hydrogens is 250 g/mol. The number of nitrogens with two attached hydrogens (primary N) is 1. The lowest BCUT2D eigenvalue weighted by molar-refractivity contribution is 0.405. The first-order chi connectivity index (χ1) is 9.51. The zero-order chi connectivity index (χ0) is 14.7. The Labute approximate surface area is 119 Å². The number of ether oxygens (including phenoxy) is 1. The van der Waals surface area contributed by atoms with Crippen molar-refractivity contribution in [2.45, 2.75) is 27.3 Å². The fraction of sp³-hybridized carbons (Fsp3) is 0.312. The topological polar surface area (TPSA) is 64.0 Å². The van der Waals surface area contributed by atoms with Crippen LogP contribution in [0.25, 0.3) is 0 Å². The Kier molecular flexibility index (Phi) is 3.99. The summed E-state index contributed by atoms with van der Waals surface area (Å²) in [4.78, 5) is 0. The van der Waals surface area contributed by atoms with Gasteiger partial charge in [0.2, 0.25) is 5.88 Å². The van der Waals surface area contributed by atoms with Crippen LogP contribution in [0.15, 0.2) is 30.3 Å². The van der Waals surface area contributed by atoms with Gasteiger partial charge in [-0.1, -0.05) is 26.0 Å². The summed E-state index contributed by atoms with van der Waals surface area (Å²) in [5.74, 6) is 1.67. The number of nitrogen functional groups attached to an aromatic ring is 1. The minimum Gasteiger partial charge on any atom is -0.439 e. The first-order valence-corrected chi connectivity index (χ1v) is 6.65. The zero-order valence-electron chi connectivity index (χ0n) is 12.1. The van der Waals surface area contributed by atoms with Crippen LogP contribution in [-0.4, -0.2) is 4.57 Å². The van der Waals surface area contributed by atoms with Gasteiger partial charge in [0.25, 0.3) is 0 Å². The molecule has 2 aromatic rings. The Morgan fingerprint density at radius 1 is 1.35 bits per heavy atom. The van der Waals surface area contributed by atoms with Gasteiger partial charge < -0.3 is 15.0 Å². The van der Waals surface area contributed by atoms with E-state index >= 15 is 0 Å². The Morgan fingerprint density at radius 2 is 2.10 bits per heavy atom. The van der Waals surface area contributed by atoms with Crippen LogP contribution in [0.5, 0.6) is 11.6 Å². The van der Waals surface area contributed by atoms with Gasteiger partial charge in [-0.3, -0.25) is 0 Å². The molecule has 0 saturated carbocycles. The molecule has 4 heteroatoms. The second-order valence-corrected chi connectivity index (χ2v) is 5.32. The Bertz CT molecular complexity index is 650. The number of hydrogen-bond donors (Lipinski definition) is 1. The van der Waals surface area contributed by atoms with E-state index in [-0.39, 0.29) is 0 Å². The van der Waals surface area contributed by atoms with E-state index in [2.05, 4.69) is 19.9 Å². The van der Waals surface area contributed by atoms with Crippen molar-refractivity contribution in [1.82, 2.24) is 4.57 Å². The highest BCUT2D eigenvalue weighted by Gasteiger charge is 2.16. The highest BCUT2D eigenvalue weighted by Crippen LogP contribution is 2.32. The van der Waals surface area contributed by atoms with E-state index < -0.39 is 0 Å². The summed E-state index contributed by atoms with van der Waals surface area (Å²) in [6.07, 6.45) is 0. The summed E-state index contributed by atoms with van der Waals surface area (Å²) in [5.41, 5.74) is 8.11. The van der Waals surface area contributed by atoms with Crippen LogP contribution in [-0.2, 0) is 6.54 Å². The number of anilines is 1. The van der Waals surface area contributed by atoms with Gasteiger partial charge in [0.05, 0.1) is 5.69 Å². The van der Waals surface area contributed by atoms with E-state index in [9.17, 15) is 5.26 Å². The van der Waals surface area contributed by atoms with Gasteiger partial charge in [0, 0.05) is 12.6 Å². The van der Waals surface area contributed by atoms with E-state index in [1.54, 1.807) is 6.07 Å². The van der Waals surface area contributed by atoms with Crippen LogP contribution in [0.2, 0.25) is 0 Å². The van der Waals surface area contributed by atoms with E-state index in [1.807, 2.05) is 35.8 Å². The quantitative estimate of drug-likeness (QED) is 0.920. The number of nitrogens with zero attached hydrogens (tertiary/aromatic N) is 2. The Balaban J connectivity index is 2.40. The number of nitriles is 1. The standard InChI is InChI=1S/C16H19N3O/c1-11(2)10-19-13(9-17)8-15(18)16(19)20-14-6-4-5-12(3)7-14/h4-8,11H,10,18H2,1-3H3. The fourth-order valence-electron chi connectivity index (χ4n) is 2.10. The van der Waals surface area contributed by atoms with Gasteiger partial charge in [-0.15, -0.1) is 0 Å². The van der Waals surface area contributed by atoms with E-state index in [0.717, 1.165) is 11.3 Å². The molecule has 104 valence electrons. The molecule has 4 nitrogen and oxygen atoms in total. The maximum Gasteiger partial charge on any atom is 0.224 e. The minimum atomic E-state index is 0.397. The van der Waals surface area contributed by atoms with Crippen LogP contribution in [0.4, 0.5) is 5.69 Å². The van der Waals surface area contributed by atoms with Crippen molar-refractivity contribution in [2.75, 3.05) is 5.73 Å². The zero-order valence-corrected chi connectivity index (χ0v) is 12.1. The summed E-state index contributed by atoms with van der Waals surface area (Å²) in [5, 5.41) is 9.20. The normalized spacial score (nSPS) is 10.6. The predicted octanol–water partition coefficient (Wildman–Crippen LogP) is 3.70. The first kappa shape index (κ1) is 14.0. The van der Waals surface area contributed by atoms with E-state index in [4.69, 9.17) is 10.5 Å². The lowest BCUT2D eigenvalue weighted by atomic mass is 10.2. The molecular formula is C16H19N3O. The van der Waals surface area contributed by atoms with E-state index in [1.165, 1.54) is 0 Å². The fourth-order valence-corrected chi connectivity index (χ4v) is 2.10. The second kappa shape index (κ2) is 5.70. The molecule has 0 unspecified atom stereocenters. The van der Waals surface area contributed by atoms with Gasteiger partial charge in [0.15, 0.2) is 0 Å². The molecule has 20 heavy (non-hydrogen) atoms. The number of rotatable bonds is 4. The lowest BCUT2D eigenvalue weighted by Crippen LogP contribution is -2.08. The maximum atomic E-state index is 9.20. The average molecular weight is 269 g/mol. The van der Waals surface area contributed by atoms with Gasteiger partial charge in [-0.2, -0.15) is 5.26 Å². The molecule has 0 aliphatic rings. The minimum absolute atomic E-state index is 0.397. The van der Waals surface area contributed by atoms with Crippen LogP contribution in [0.3, 0.4) is 0 Å². The van der Waals surface area contributed by atoms with Crippen LogP contribution < -0.4 is 10.5 Å². The third kappa shape index (κ3) is 2.94. The van der Waals surface area contributed by atoms with Crippen molar-refractivity contribution in [3.8, 4) is 17.7 Å². The molecule has 0 atom stereocenters. The summed E-state index contributed by atoms with van der Waals surface area (Å²) < 4.78 is 7.73. The highest BCUT2D eigenvalue weighted by molar-refractivity contribution is 5.56. The monoisotopic (exact) mass is 269 g/mol. The number of hydrogen-bond acceptors (Lipinski definition) is 3. The molecule has 2 rings (SSSR count). The third-order valence-electron chi connectivity index (χ3n) is 2.94. The highest BCUT2D eigenvalue weighted by atomic mass is 16.5. The Morgan fingerprint density at radius 3 is 2.70 bits per heavy atom. The summed E-state index contributed by atoms with van der Waals surface area (Å²) in [7, 11) is 0. The van der Waals surface area contributed by atoms with Crippen LogP contribution in [0.1, 0.15) is 25.1 Å². The van der Waals surface area contributed by atoms with Gasteiger partial charge in [0.1, 0.15) is 17.5 Å².